The fraction of sp³-hybridized carbons (Fsp3) is 0.455. The fourth-order valence-electron chi connectivity index (χ4n) is 4.29. The molecule has 2 aliphatic heterocycles. The topological polar surface area (TPSA) is 36.4 Å². The third kappa shape index (κ3) is 4.35. The van der Waals surface area contributed by atoms with E-state index in [1.54, 1.807) is 18.3 Å². The molecule has 0 atom stereocenters. The van der Waals surface area contributed by atoms with Crippen molar-refractivity contribution in [2.24, 2.45) is 5.41 Å². The third-order valence-corrected chi connectivity index (χ3v) is 5.97. The summed E-state index contributed by atoms with van der Waals surface area (Å²) in [6.45, 7) is 4.64. The first-order valence-corrected chi connectivity index (χ1v) is 9.75. The van der Waals surface area contributed by atoms with E-state index < -0.39 is 0 Å². The van der Waals surface area contributed by atoms with Gasteiger partial charge in [-0.1, -0.05) is 18.2 Å². The summed E-state index contributed by atoms with van der Waals surface area (Å²) in [6.07, 6.45) is 7.15. The molecule has 2 aliphatic rings. The molecule has 0 radical (unpaired) electrons. The van der Waals surface area contributed by atoms with E-state index in [0.29, 0.717) is 11.8 Å². The summed E-state index contributed by atoms with van der Waals surface area (Å²) in [6, 6.07) is 10.8. The van der Waals surface area contributed by atoms with E-state index in [-0.39, 0.29) is 11.7 Å². The first-order valence-electron chi connectivity index (χ1n) is 9.75. The van der Waals surface area contributed by atoms with Crippen molar-refractivity contribution >= 4 is 5.91 Å². The van der Waals surface area contributed by atoms with Gasteiger partial charge in [0.1, 0.15) is 5.82 Å². The van der Waals surface area contributed by atoms with E-state index in [2.05, 4.69) is 9.88 Å². The van der Waals surface area contributed by atoms with Gasteiger partial charge in [-0.25, -0.2) is 4.39 Å². The number of benzene rings is 1. The lowest BCUT2D eigenvalue weighted by molar-refractivity contribution is -0.146. The predicted octanol–water partition coefficient (Wildman–Crippen LogP) is 3.28. The number of halogens is 1. The summed E-state index contributed by atoms with van der Waals surface area (Å²) < 4.78 is 13.3. The minimum Gasteiger partial charge on any atom is -0.341 e. The maximum Gasteiger partial charge on any atom is 0.222 e. The van der Waals surface area contributed by atoms with Gasteiger partial charge in [-0.05, 0) is 61.7 Å². The highest BCUT2D eigenvalue weighted by atomic mass is 19.1. The summed E-state index contributed by atoms with van der Waals surface area (Å²) >= 11 is 0. The molecular weight excluding hydrogens is 341 g/mol. The molecule has 5 heteroatoms. The predicted molar refractivity (Wildman–Crippen MR) is 102 cm³/mol. The lowest BCUT2D eigenvalue weighted by atomic mass is 9.71. The van der Waals surface area contributed by atoms with Crippen LogP contribution in [0.2, 0.25) is 0 Å². The molecule has 27 heavy (non-hydrogen) atoms. The van der Waals surface area contributed by atoms with Gasteiger partial charge in [0.15, 0.2) is 0 Å². The molecule has 2 saturated heterocycles. The van der Waals surface area contributed by atoms with Crippen LogP contribution in [0.25, 0.3) is 0 Å². The van der Waals surface area contributed by atoms with Crippen LogP contribution in [0.15, 0.2) is 48.8 Å². The molecule has 0 unspecified atom stereocenters. The number of piperidine rings is 1. The Labute approximate surface area is 160 Å². The van der Waals surface area contributed by atoms with E-state index in [9.17, 15) is 9.18 Å². The summed E-state index contributed by atoms with van der Waals surface area (Å²) in [5, 5.41) is 0. The highest BCUT2D eigenvalue weighted by Crippen LogP contribution is 2.41. The van der Waals surface area contributed by atoms with E-state index in [1.807, 2.05) is 29.3 Å². The number of nitrogens with zero attached hydrogens (tertiary/aromatic N) is 3. The molecule has 0 aliphatic carbocycles. The van der Waals surface area contributed by atoms with Crippen LogP contribution in [0.4, 0.5) is 4.39 Å². The Morgan fingerprint density at radius 3 is 2.59 bits per heavy atom. The smallest absolute Gasteiger partial charge is 0.222 e. The van der Waals surface area contributed by atoms with E-state index in [0.717, 1.165) is 63.1 Å². The van der Waals surface area contributed by atoms with Gasteiger partial charge < -0.3 is 4.90 Å². The summed E-state index contributed by atoms with van der Waals surface area (Å²) in [5.74, 6) is 0.0899. The van der Waals surface area contributed by atoms with Crippen molar-refractivity contribution < 1.29 is 9.18 Å². The lowest BCUT2D eigenvalue weighted by Gasteiger charge is -2.54. The van der Waals surface area contributed by atoms with Crippen LogP contribution in [0.5, 0.6) is 0 Å². The second kappa shape index (κ2) is 7.77. The Bertz CT molecular complexity index is 779. The minimum atomic E-state index is -0.166. The van der Waals surface area contributed by atoms with Gasteiger partial charge in [-0.3, -0.25) is 14.7 Å². The van der Waals surface area contributed by atoms with Crippen molar-refractivity contribution in [2.45, 2.75) is 32.2 Å². The molecule has 1 amide bonds. The monoisotopic (exact) mass is 367 g/mol. The molecule has 0 bridgehead atoms. The quantitative estimate of drug-likeness (QED) is 0.814. The first kappa shape index (κ1) is 18.1. The molecular formula is C22H26FN3O. The number of pyridine rings is 1. The first-order chi connectivity index (χ1) is 13.1. The molecule has 1 spiro atoms. The van der Waals surface area contributed by atoms with Gasteiger partial charge >= 0.3 is 0 Å². The number of rotatable bonds is 5. The van der Waals surface area contributed by atoms with Crippen LogP contribution in [0, 0.1) is 11.2 Å². The second-order valence-corrected chi connectivity index (χ2v) is 8.02. The molecule has 1 aromatic carbocycles. The SMILES string of the molecule is O=C(CCc1cccnc1)N1CC2(CCN(Cc3cccc(F)c3)CC2)C1. The van der Waals surface area contributed by atoms with Crippen LogP contribution < -0.4 is 0 Å². The summed E-state index contributed by atoms with van der Waals surface area (Å²) in [4.78, 5) is 20.9. The number of amides is 1. The van der Waals surface area contributed by atoms with Crippen LogP contribution in [0.3, 0.4) is 0 Å². The number of hydrogen-bond donors (Lipinski definition) is 0. The van der Waals surface area contributed by atoms with Crippen molar-refractivity contribution in [2.75, 3.05) is 26.2 Å². The molecule has 2 fully saturated rings. The van der Waals surface area contributed by atoms with E-state index in [4.69, 9.17) is 0 Å². The average molecular weight is 367 g/mol. The second-order valence-electron chi connectivity index (χ2n) is 8.02. The molecule has 142 valence electrons. The van der Waals surface area contributed by atoms with Gasteiger partial charge in [0.2, 0.25) is 5.91 Å². The molecule has 1 aromatic heterocycles. The van der Waals surface area contributed by atoms with E-state index in [1.165, 1.54) is 6.07 Å². The van der Waals surface area contributed by atoms with Crippen LogP contribution in [0.1, 0.15) is 30.4 Å². The van der Waals surface area contributed by atoms with Gasteiger partial charge in [0.05, 0.1) is 0 Å². The molecule has 2 aromatic rings. The Kier molecular flexibility index (Phi) is 5.21. The van der Waals surface area contributed by atoms with Gasteiger partial charge in [0, 0.05) is 43.9 Å². The average Bonchev–Trinajstić information content (AvgIpc) is 2.66. The number of aryl methyl sites for hydroxylation is 1. The Morgan fingerprint density at radius 2 is 1.89 bits per heavy atom. The third-order valence-electron chi connectivity index (χ3n) is 5.97. The lowest BCUT2D eigenvalue weighted by Crippen LogP contribution is -2.61. The van der Waals surface area contributed by atoms with Crippen LogP contribution >= 0.6 is 0 Å². The zero-order chi connectivity index (χ0) is 18.7. The Morgan fingerprint density at radius 1 is 1.11 bits per heavy atom. The molecule has 0 N–H and O–H groups in total. The number of carbonyl (C=O) groups is 1. The minimum absolute atomic E-state index is 0.166. The number of hydrogen-bond acceptors (Lipinski definition) is 3. The molecule has 3 heterocycles. The highest BCUT2D eigenvalue weighted by Gasteiger charge is 2.46. The fourth-order valence-corrected chi connectivity index (χ4v) is 4.29. The zero-order valence-corrected chi connectivity index (χ0v) is 15.6. The number of aromatic nitrogens is 1. The van der Waals surface area contributed by atoms with Crippen molar-refractivity contribution in [3.63, 3.8) is 0 Å². The summed E-state index contributed by atoms with van der Waals surface area (Å²) in [5.41, 5.74) is 2.46. The molecule has 0 saturated carbocycles. The Balaban J connectivity index is 1.21. The maximum absolute atomic E-state index is 13.3. The molecule has 4 nitrogen and oxygen atoms in total. The van der Waals surface area contributed by atoms with Crippen molar-refractivity contribution in [1.82, 2.24) is 14.8 Å². The van der Waals surface area contributed by atoms with Crippen molar-refractivity contribution in [3.8, 4) is 0 Å². The largest absolute Gasteiger partial charge is 0.341 e. The van der Waals surface area contributed by atoms with Crippen molar-refractivity contribution in [1.29, 1.82) is 0 Å². The van der Waals surface area contributed by atoms with Crippen LogP contribution in [-0.4, -0.2) is 46.9 Å². The standard InChI is InChI=1S/C22H26FN3O/c23-20-5-1-3-19(13-20)15-25-11-8-22(9-12-25)16-26(17-22)21(27)7-6-18-4-2-10-24-14-18/h1-5,10,13-14H,6-9,11-12,15-17H2. The maximum atomic E-state index is 13.3. The number of carbonyl (C=O) groups excluding carboxylic acids is 1. The van der Waals surface area contributed by atoms with E-state index >= 15 is 0 Å². The van der Waals surface area contributed by atoms with Crippen molar-refractivity contribution in [3.05, 3.63) is 65.7 Å². The van der Waals surface area contributed by atoms with Gasteiger partial charge in [-0.15, -0.1) is 0 Å². The summed E-state index contributed by atoms with van der Waals surface area (Å²) in [7, 11) is 0. The van der Waals surface area contributed by atoms with Gasteiger partial charge in [-0.2, -0.15) is 0 Å². The Hall–Kier alpha value is -2.27. The number of likely N-dealkylation sites (tertiary alicyclic amines) is 2. The normalized spacial score (nSPS) is 19.1. The highest BCUT2D eigenvalue weighted by molar-refractivity contribution is 5.77. The van der Waals surface area contributed by atoms with Gasteiger partial charge in [0.25, 0.3) is 0 Å². The van der Waals surface area contributed by atoms with Crippen LogP contribution in [-0.2, 0) is 17.8 Å². The molecule has 4 rings (SSSR count). The zero-order valence-electron chi connectivity index (χ0n) is 15.6.